The van der Waals surface area contributed by atoms with E-state index >= 15 is 0 Å². The first-order valence-corrected chi connectivity index (χ1v) is 18.3. The zero-order valence-electron chi connectivity index (χ0n) is 29.4. The Labute approximate surface area is 308 Å². The highest BCUT2D eigenvalue weighted by atomic mass is 16.7. The van der Waals surface area contributed by atoms with Crippen molar-refractivity contribution in [3.63, 3.8) is 0 Å². The summed E-state index contributed by atoms with van der Waals surface area (Å²) in [7, 11) is 0. The second-order valence-corrected chi connectivity index (χ2v) is 13.9. The van der Waals surface area contributed by atoms with Gasteiger partial charge in [0.2, 0.25) is 0 Å². The summed E-state index contributed by atoms with van der Waals surface area (Å²) in [6.07, 6.45) is 4.90. The standard InChI is InChI=1S/C43H43N5O5/c49-28-29-10-12-32(13-11-29)40-24-37(27-47-21-18-36(19-22-47)48-39-9-2-1-8-38(39)46-43(48)51)52-42(53-40)33-16-14-31(15-17-33)34-6-3-5-30(23-34)25-45-41(50)35-7-4-20-44-26-35/h1-17,20,23,26,36-37,40,42,49H,18-19,21-22,24-25,27-28H2,(H,45,50)(H,46,51)/t37-,40+,42+/m0/s1. The Morgan fingerprint density at radius 2 is 1.64 bits per heavy atom. The molecule has 0 saturated carbocycles. The van der Waals surface area contributed by atoms with Crippen LogP contribution in [-0.4, -0.2) is 56.2 Å². The summed E-state index contributed by atoms with van der Waals surface area (Å²) in [6, 6.07) is 36.0. The van der Waals surface area contributed by atoms with Gasteiger partial charge in [0.15, 0.2) is 6.29 Å². The highest BCUT2D eigenvalue weighted by Gasteiger charge is 2.34. The van der Waals surface area contributed by atoms with Crippen molar-refractivity contribution in [2.45, 2.75) is 57.0 Å². The second-order valence-electron chi connectivity index (χ2n) is 13.9. The van der Waals surface area contributed by atoms with Gasteiger partial charge in [0, 0.05) is 56.6 Å². The lowest BCUT2D eigenvalue weighted by atomic mass is 9.98. The summed E-state index contributed by atoms with van der Waals surface area (Å²) in [6.45, 7) is 2.92. The molecule has 2 saturated heterocycles. The molecule has 53 heavy (non-hydrogen) atoms. The molecule has 0 radical (unpaired) electrons. The number of aromatic amines is 1. The summed E-state index contributed by atoms with van der Waals surface area (Å²) in [5.41, 5.74) is 8.29. The minimum Gasteiger partial charge on any atom is -0.392 e. The molecule has 2 fully saturated rings. The number of pyridine rings is 1. The van der Waals surface area contributed by atoms with E-state index < -0.39 is 6.29 Å². The molecule has 10 nitrogen and oxygen atoms in total. The third-order valence-corrected chi connectivity index (χ3v) is 10.4. The normalized spacial score (nSPS) is 19.7. The maximum absolute atomic E-state index is 12.9. The number of nitrogens with zero attached hydrogens (tertiary/aromatic N) is 3. The van der Waals surface area contributed by atoms with Crippen LogP contribution in [0.15, 0.2) is 126 Å². The van der Waals surface area contributed by atoms with Crippen LogP contribution >= 0.6 is 0 Å². The molecule has 270 valence electrons. The van der Waals surface area contributed by atoms with Crippen LogP contribution in [0.4, 0.5) is 0 Å². The Bertz CT molecular complexity index is 2210. The maximum atomic E-state index is 12.9. The number of H-pyrrole nitrogens is 1. The van der Waals surface area contributed by atoms with Crippen LogP contribution in [-0.2, 0) is 22.6 Å². The molecule has 2 aliphatic rings. The zero-order chi connectivity index (χ0) is 36.1. The Kier molecular flexibility index (Phi) is 10.3. The number of aliphatic hydroxyl groups is 1. The number of ether oxygens (including phenoxy) is 2. The van der Waals surface area contributed by atoms with Crippen molar-refractivity contribution in [2.75, 3.05) is 19.6 Å². The van der Waals surface area contributed by atoms with Gasteiger partial charge < -0.3 is 29.8 Å². The molecule has 0 aliphatic carbocycles. The molecule has 2 aromatic heterocycles. The van der Waals surface area contributed by atoms with Crippen molar-refractivity contribution in [1.82, 2.24) is 24.8 Å². The largest absolute Gasteiger partial charge is 0.392 e. The summed E-state index contributed by atoms with van der Waals surface area (Å²) >= 11 is 0. The van der Waals surface area contributed by atoms with Crippen LogP contribution in [0, 0.1) is 0 Å². The number of amides is 1. The minimum absolute atomic E-state index is 0.00388. The number of carbonyl (C=O) groups is 1. The number of rotatable bonds is 10. The number of fused-ring (bicyclic) bond motifs is 1. The van der Waals surface area contributed by atoms with Gasteiger partial charge in [-0.1, -0.05) is 78.9 Å². The zero-order valence-corrected chi connectivity index (χ0v) is 29.4. The number of nitrogens with one attached hydrogen (secondary N) is 2. The van der Waals surface area contributed by atoms with E-state index in [0.717, 1.165) is 76.9 Å². The van der Waals surface area contributed by atoms with Gasteiger partial charge in [-0.3, -0.25) is 14.3 Å². The van der Waals surface area contributed by atoms with Crippen molar-refractivity contribution in [2.24, 2.45) is 0 Å². The molecular weight excluding hydrogens is 667 g/mol. The van der Waals surface area contributed by atoms with Gasteiger partial charge in [0.05, 0.1) is 35.4 Å². The van der Waals surface area contributed by atoms with Gasteiger partial charge >= 0.3 is 5.69 Å². The number of aliphatic hydroxyl groups excluding tert-OH is 1. The highest BCUT2D eigenvalue weighted by Crippen LogP contribution is 2.39. The monoisotopic (exact) mass is 709 g/mol. The molecular formula is C43H43N5O5. The van der Waals surface area contributed by atoms with Crippen molar-refractivity contribution in [3.8, 4) is 11.1 Å². The Morgan fingerprint density at radius 1 is 0.849 bits per heavy atom. The third-order valence-electron chi connectivity index (χ3n) is 10.4. The van der Waals surface area contributed by atoms with E-state index in [1.54, 1.807) is 24.5 Å². The van der Waals surface area contributed by atoms with Gasteiger partial charge in [-0.2, -0.15) is 0 Å². The Hall–Kier alpha value is -5.39. The second kappa shape index (κ2) is 15.7. The van der Waals surface area contributed by atoms with Crippen molar-refractivity contribution in [3.05, 3.63) is 160 Å². The van der Waals surface area contributed by atoms with Crippen LogP contribution in [0.2, 0.25) is 0 Å². The smallest absolute Gasteiger partial charge is 0.326 e. The van der Waals surface area contributed by atoms with E-state index in [1.165, 1.54) is 0 Å². The topological polar surface area (TPSA) is 122 Å². The summed E-state index contributed by atoms with van der Waals surface area (Å²) in [4.78, 5) is 34.9. The lowest BCUT2D eigenvalue weighted by Crippen LogP contribution is -2.43. The summed E-state index contributed by atoms with van der Waals surface area (Å²) in [5.74, 6) is -0.159. The summed E-state index contributed by atoms with van der Waals surface area (Å²) in [5, 5.41) is 12.6. The van der Waals surface area contributed by atoms with E-state index in [1.807, 2.05) is 65.2 Å². The number of aromatic nitrogens is 3. The van der Waals surface area contributed by atoms with Gasteiger partial charge in [-0.15, -0.1) is 0 Å². The van der Waals surface area contributed by atoms with Crippen LogP contribution in [0.5, 0.6) is 0 Å². The van der Waals surface area contributed by atoms with Crippen LogP contribution in [0.3, 0.4) is 0 Å². The van der Waals surface area contributed by atoms with E-state index in [4.69, 9.17) is 9.47 Å². The molecule has 1 amide bonds. The molecule has 0 unspecified atom stereocenters. The number of para-hydroxylation sites is 2. The minimum atomic E-state index is -0.554. The molecule has 3 N–H and O–H groups in total. The number of carbonyl (C=O) groups excluding carboxylic acids is 1. The Balaban J connectivity index is 0.951. The fourth-order valence-electron chi connectivity index (χ4n) is 7.59. The summed E-state index contributed by atoms with van der Waals surface area (Å²) < 4.78 is 15.3. The molecule has 6 aromatic rings. The van der Waals surface area contributed by atoms with Crippen LogP contribution < -0.4 is 11.0 Å². The molecule has 2 aliphatic heterocycles. The Morgan fingerprint density at radius 3 is 2.42 bits per heavy atom. The highest BCUT2D eigenvalue weighted by molar-refractivity contribution is 5.93. The lowest BCUT2D eigenvalue weighted by molar-refractivity contribution is -0.253. The molecule has 0 spiro atoms. The van der Waals surface area contributed by atoms with Gasteiger partial charge in [-0.25, -0.2) is 4.79 Å². The molecule has 3 atom stereocenters. The quantitative estimate of drug-likeness (QED) is 0.145. The average molecular weight is 710 g/mol. The molecule has 8 rings (SSSR count). The maximum Gasteiger partial charge on any atom is 0.326 e. The number of hydrogen-bond acceptors (Lipinski definition) is 7. The molecule has 0 bridgehead atoms. The van der Waals surface area contributed by atoms with Crippen molar-refractivity contribution < 1.29 is 19.4 Å². The average Bonchev–Trinajstić information content (AvgIpc) is 3.56. The number of piperidine rings is 1. The first-order chi connectivity index (χ1) is 26.0. The van der Waals surface area contributed by atoms with E-state index in [-0.39, 0.29) is 36.5 Å². The number of benzene rings is 4. The van der Waals surface area contributed by atoms with Gasteiger partial charge in [-0.05, 0) is 71.0 Å². The molecule has 4 heterocycles. The van der Waals surface area contributed by atoms with Crippen molar-refractivity contribution >= 4 is 16.9 Å². The van der Waals surface area contributed by atoms with E-state index in [2.05, 4.69) is 56.6 Å². The van der Waals surface area contributed by atoms with Crippen molar-refractivity contribution in [1.29, 1.82) is 0 Å². The molecule has 4 aromatic carbocycles. The first kappa shape index (κ1) is 34.7. The number of likely N-dealkylation sites (tertiary alicyclic amines) is 1. The third kappa shape index (κ3) is 7.86. The number of imidazole rings is 1. The predicted octanol–water partition coefficient (Wildman–Crippen LogP) is 6.70. The fraction of sp³-hybridized carbons (Fsp3) is 0.279. The molecule has 10 heteroatoms. The van der Waals surface area contributed by atoms with E-state index in [9.17, 15) is 14.7 Å². The van der Waals surface area contributed by atoms with E-state index in [0.29, 0.717) is 18.5 Å². The number of hydrogen-bond donors (Lipinski definition) is 3. The predicted molar refractivity (Wildman–Crippen MR) is 203 cm³/mol. The van der Waals surface area contributed by atoms with Gasteiger partial charge in [0.1, 0.15) is 0 Å². The fourth-order valence-corrected chi connectivity index (χ4v) is 7.59. The first-order valence-electron chi connectivity index (χ1n) is 18.3. The lowest BCUT2D eigenvalue weighted by Gasteiger charge is -2.40. The van der Waals surface area contributed by atoms with Gasteiger partial charge in [0.25, 0.3) is 5.91 Å². The van der Waals surface area contributed by atoms with Crippen LogP contribution in [0.1, 0.15) is 70.3 Å². The van der Waals surface area contributed by atoms with Crippen LogP contribution in [0.25, 0.3) is 22.2 Å². The SMILES string of the molecule is O=C(NCc1cccc(-c2ccc([C@@H]3O[C@H](CN4CCC(n5c(=O)[nH]c6ccccc65)CC4)C[C@H](c4ccc(CO)cc4)O3)cc2)c1)c1cccnc1.